The first-order chi connectivity index (χ1) is 35.2. The molecule has 0 radical (unpaired) electrons. The van der Waals surface area contributed by atoms with E-state index in [2.05, 4.69) is 12.1 Å². The van der Waals surface area contributed by atoms with E-state index in [1.165, 1.54) is 13.8 Å². The van der Waals surface area contributed by atoms with Crippen molar-refractivity contribution in [1.29, 1.82) is 0 Å². The van der Waals surface area contributed by atoms with Crippen molar-refractivity contribution in [2.24, 2.45) is 0 Å². The Morgan fingerprint density at radius 1 is 0.333 bits per heavy atom. The summed E-state index contributed by atoms with van der Waals surface area (Å²) >= 11 is 0. The number of esters is 2. The number of fused-ring (bicyclic) bond motifs is 4. The number of ether oxygens (including phenoxy) is 8. The second-order valence-corrected chi connectivity index (χ2v) is 17.1. The molecule has 0 bridgehead atoms. The van der Waals surface area contributed by atoms with E-state index in [0.29, 0.717) is 67.9 Å². The molecule has 0 aliphatic rings. The number of carbonyl (C=O) groups excluding carboxylic acids is 2. The fourth-order valence-corrected chi connectivity index (χ4v) is 9.87. The van der Waals surface area contributed by atoms with Gasteiger partial charge in [0.1, 0.15) is 13.2 Å². The first kappa shape index (κ1) is 46.7. The van der Waals surface area contributed by atoms with Crippen LogP contribution in [0.25, 0.3) is 76.5 Å². The van der Waals surface area contributed by atoms with E-state index in [0.717, 1.165) is 54.2 Å². The van der Waals surface area contributed by atoms with Gasteiger partial charge in [-0.2, -0.15) is 0 Å². The molecular weight excluding hydrogens is 905 g/mol. The molecule has 0 heterocycles. The largest absolute Gasteiger partial charge is 0.492 e. The third-order valence-electron chi connectivity index (χ3n) is 12.7. The Hall–Kier alpha value is -9.02. The minimum absolute atomic E-state index is 0.160. The number of benzene rings is 10. The minimum Gasteiger partial charge on any atom is -0.492 e. The lowest BCUT2D eigenvalue weighted by Crippen LogP contribution is -2.07. The maximum Gasteiger partial charge on any atom is 0.308 e. The molecule has 0 saturated carbocycles. The van der Waals surface area contributed by atoms with Crippen molar-refractivity contribution in [3.63, 3.8) is 0 Å². The number of carbonyl (C=O) groups is 2. The standard InChI is InChI=1S/C62H50O10/c1-37(63)71-49-33-41-25-13-15-27-43(41)51(57(49)65-3)53-45-29-17-19-31-47(45)55(61(59(53)67-5)69-35-39-21-9-7-10-22-39)56-48-32-20-18-30-46(48)54(60(68-6)62(56)70-36-40-23-11-8-12-24-40)52-44-28-16-14-26-42(44)34-50(58(52)66-4)72-38(2)64/h7-34H,35-36H2,1-6H3. The summed E-state index contributed by atoms with van der Waals surface area (Å²) in [6, 6.07) is 55.4. The van der Waals surface area contributed by atoms with Crippen LogP contribution in [0.1, 0.15) is 25.0 Å². The molecule has 0 atom stereocenters. The van der Waals surface area contributed by atoms with E-state index < -0.39 is 11.9 Å². The van der Waals surface area contributed by atoms with Crippen molar-refractivity contribution in [2.75, 3.05) is 28.4 Å². The smallest absolute Gasteiger partial charge is 0.308 e. The van der Waals surface area contributed by atoms with Crippen molar-refractivity contribution < 1.29 is 47.5 Å². The van der Waals surface area contributed by atoms with Gasteiger partial charge in [-0.1, -0.05) is 158 Å². The Labute approximate surface area is 416 Å². The summed E-state index contributed by atoms with van der Waals surface area (Å²) in [6.45, 7) is 3.05. The monoisotopic (exact) mass is 954 g/mol. The fourth-order valence-electron chi connectivity index (χ4n) is 9.87. The summed E-state index contributed by atoms with van der Waals surface area (Å²) in [4.78, 5) is 25.4. The van der Waals surface area contributed by atoms with Crippen LogP contribution in [0.5, 0.6) is 46.0 Å². The third-order valence-corrected chi connectivity index (χ3v) is 12.7. The van der Waals surface area contributed by atoms with Crippen molar-refractivity contribution in [3.05, 3.63) is 181 Å². The van der Waals surface area contributed by atoms with Gasteiger partial charge in [0.25, 0.3) is 0 Å². The highest BCUT2D eigenvalue weighted by Crippen LogP contribution is 2.61. The minimum atomic E-state index is -0.496. The van der Waals surface area contributed by atoms with E-state index in [-0.39, 0.29) is 24.7 Å². The lowest BCUT2D eigenvalue weighted by molar-refractivity contribution is -0.132. The SMILES string of the molecule is COc1c(OC(C)=O)cc2ccccc2c1-c1c(OC)c(OCc2ccccc2)c(-c2c(OCc3ccccc3)c(OC)c(-c3c(OC)c(OC(C)=O)cc4ccccc34)c3ccccc23)c2ccccc12. The fraction of sp³-hybridized carbons (Fsp3) is 0.129. The molecule has 72 heavy (non-hydrogen) atoms. The van der Waals surface area contributed by atoms with Crippen molar-refractivity contribution >= 4 is 55.0 Å². The molecule has 0 aliphatic carbocycles. The highest BCUT2D eigenvalue weighted by molar-refractivity contribution is 6.22. The first-order valence-corrected chi connectivity index (χ1v) is 23.4. The zero-order chi connectivity index (χ0) is 49.9. The van der Waals surface area contributed by atoms with Gasteiger partial charge in [-0.15, -0.1) is 0 Å². The van der Waals surface area contributed by atoms with Gasteiger partial charge < -0.3 is 37.9 Å². The summed E-state index contributed by atoms with van der Waals surface area (Å²) < 4.78 is 52.1. The van der Waals surface area contributed by atoms with Crippen molar-refractivity contribution in [3.8, 4) is 79.4 Å². The number of hydrogen-bond donors (Lipinski definition) is 0. The van der Waals surface area contributed by atoms with Crippen LogP contribution in [0.2, 0.25) is 0 Å². The molecule has 0 N–H and O–H groups in total. The molecule has 0 amide bonds. The second-order valence-electron chi connectivity index (χ2n) is 17.1. The maximum atomic E-state index is 12.7. The highest BCUT2D eigenvalue weighted by Gasteiger charge is 2.34. The van der Waals surface area contributed by atoms with Crippen LogP contribution in [0.4, 0.5) is 0 Å². The maximum absolute atomic E-state index is 12.7. The van der Waals surface area contributed by atoms with E-state index >= 15 is 0 Å². The summed E-state index contributed by atoms with van der Waals surface area (Å²) in [5.74, 6) is 1.80. The molecule has 10 aromatic carbocycles. The van der Waals surface area contributed by atoms with Crippen molar-refractivity contribution in [2.45, 2.75) is 27.1 Å². The van der Waals surface area contributed by atoms with Gasteiger partial charge in [-0.05, 0) is 66.3 Å². The number of methoxy groups -OCH3 is 4. The molecule has 0 spiro atoms. The normalized spacial score (nSPS) is 11.1. The summed E-state index contributed by atoms with van der Waals surface area (Å²) in [6.07, 6.45) is 0. The molecule has 0 aliphatic heterocycles. The van der Waals surface area contributed by atoms with Gasteiger partial charge in [0, 0.05) is 47.2 Å². The van der Waals surface area contributed by atoms with Gasteiger partial charge >= 0.3 is 11.9 Å². The second kappa shape index (κ2) is 20.1. The van der Waals surface area contributed by atoms with E-state index in [9.17, 15) is 9.59 Å². The topological polar surface area (TPSA) is 108 Å². The molecule has 0 fully saturated rings. The van der Waals surface area contributed by atoms with Gasteiger partial charge in [0.05, 0.1) is 28.4 Å². The molecule has 0 unspecified atom stereocenters. The predicted molar refractivity (Wildman–Crippen MR) is 283 cm³/mol. The third kappa shape index (κ3) is 8.47. The Bertz CT molecular complexity index is 3450. The van der Waals surface area contributed by atoms with Crippen LogP contribution < -0.4 is 37.9 Å². The predicted octanol–water partition coefficient (Wildman–Crippen LogP) is 14.3. The van der Waals surface area contributed by atoms with Crippen LogP contribution in [-0.4, -0.2) is 40.4 Å². The molecular formula is C62H50O10. The number of rotatable bonds is 15. The zero-order valence-corrected chi connectivity index (χ0v) is 40.7. The van der Waals surface area contributed by atoms with Gasteiger partial charge in [-0.25, -0.2) is 0 Å². The molecule has 10 aromatic rings. The molecule has 10 nitrogen and oxygen atoms in total. The lowest BCUT2D eigenvalue weighted by Gasteiger charge is -2.28. The Morgan fingerprint density at radius 3 is 0.931 bits per heavy atom. The van der Waals surface area contributed by atoms with Gasteiger partial charge in [-0.3, -0.25) is 9.59 Å². The van der Waals surface area contributed by atoms with E-state index in [1.54, 1.807) is 28.4 Å². The average Bonchev–Trinajstić information content (AvgIpc) is 3.40. The zero-order valence-electron chi connectivity index (χ0n) is 40.7. The summed E-state index contributed by atoms with van der Waals surface area (Å²) in [7, 11) is 6.37. The van der Waals surface area contributed by atoms with Crippen LogP contribution in [0, 0.1) is 0 Å². The van der Waals surface area contributed by atoms with Gasteiger partial charge in [0.2, 0.25) is 0 Å². The quantitative estimate of drug-likeness (QED) is 0.0728. The molecule has 358 valence electrons. The van der Waals surface area contributed by atoms with E-state index in [4.69, 9.17) is 37.9 Å². The summed E-state index contributed by atoms with van der Waals surface area (Å²) in [5.41, 5.74) is 5.75. The Kier molecular flexibility index (Phi) is 13.1. The molecule has 0 saturated heterocycles. The van der Waals surface area contributed by atoms with Crippen LogP contribution in [0.3, 0.4) is 0 Å². The molecule has 10 heteroatoms. The van der Waals surface area contributed by atoms with Crippen LogP contribution in [0.15, 0.2) is 170 Å². The number of hydrogen-bond acceptors (Lipinski definition) is 10. The Balaban J connectivity index is 1.40. The van der Waals surface area contributed by atoms with Gasteiger partial charge in [0.15, 0.2) is 46.0 Å². The average molecular weight is 955 g/mol. The lowest BCUT2D eigenvalue weighted by atomic mass is 9.83. The molecule has 10 rings (SSSR count). The summed E-state index contributed by atoms with van der Waals surface area (Å²) in [5, 5.41) is 6.41. The van der Waals surface area contributed by atoms with E-state index in [1.807, 2.05) is 158 Å². The Morgan fingerprint density at radius 2 is 0.611 bits per heavy atom. The highest BCUT2D eigenvalue weighted by atomic mass is 16.6. The molecule has 0 aromatic heterocycles. The van der Waals surface area contributed by atoms with Crippen LogP contribution in [-0.2, 0) is 22.8 Å². The first-order valence-electron chi connectivity index (χ1n) is 23.4. The van der Waals surface area contributed by atoms with Crippen molar-refractivity contribution in [1.82, 2.24) is 0 Å². The van der Waals surface area contributed by atoms with Crippen LogP contribution >= 0.6 is 0 Å².